The molecular weight excluding hydrogens is 414 g/mol. The van der Waals surface area contributed by atoms with Crippen LogP contribution in [0.25, 0.3) is 11.3 Å². The number of halogens is 2. The van der Waals surface area contributed by atoms with E-state index in [9.17, 15) is 8.78 Å². The minimum absolute atomic E-state index is 0.0784. The Kier molecular flexibility index (Phi) is 5.28. The van der Waals surface area contributed by atoms with E-state index in [2.05, 4.69) is 31.9 Å². The molecule has 0 atom stereocenters. The Balaban J connectivity index is 1.48. The Morgan fingerprint density at radius 2 is 1.94 bits per heavy atom. The van der Waals surface area contributed by atoms with Crippen molar-refractivity contribution in [3.8, 4) is 17.0 Å². The average Bonchev–Trinajstić information content (AvgIpc) is 3.15. The second-order valence-corrected chi connectivity index (χ2v) is 8.69. The van der Waals surface area contributed by atoms with Gasteiger partial charge in [0.25, 0.3) is 0 Å². The zero-order valence-corrected chi connectivity index (χ0v) is 18.5. The van der Waals surface area contributed by atoms with Gasteiger partial charge in [-0.3, -0.25) is 9.58 Å². The molecule has 2 aliphatic heterocycles. The van der Waals surface area contributed by atoms with Gasteiger partial charge in [0.2, 0.25) is 0 Å². The molecule has 0 aliphatic carbocycles. The predicted molar refractivity (Wildman–Crippen MR) is 117 cm³/mol. The number of aromatic nitrogens is 4. The zero-order valence-electron chi connectivity index (χ0n) is 18.5. The maximum absolute atomic E-state index is 14.9. The lowest BCUT2D eigenvalue weighted by molar-refractivity contribution is 0.258. The van der Waals surface area contributed by atoms with Crippen molar-refractivity contribution in [3.63, 3.8) is 0 Å². The maximum Gasteiger partial charge on any atom is 0.178 e. The first-order valence-electron chi connectivity index (χ1n) is 10.9. The number of rotatable bonds is 4. The third-order valence-corrected chi connectivity index (χ3v) is 5.98. The second-order valence-electron chi connectivity index (χ2n) is 8.69. The molecule has 0 fully saturated rings. The Bertz CT molecular complexity index is 1160. The number of likely N-dealkylation sites (N-methyl/N-ethyl adjacent to an activating group) is 1. The number of fused-ring (bicyclic) bond motifs is 2. The van der Waals surface area contributed by atoms with E-state index in [1.165, 1.54) is 6.07 Å². The number of anilines is 1. The van der Waals surface area contributed by atoms with Crippen molar-refractivity contribution in [2.24, 2.45) is 0 Å². The van der Waals surface area contributed by atoms with E-state index in [-0.39, 0.29) is 17.5 Å². The van der Waals surface area contributed by atoms with Gasteiger partial charge in [-0.05, 0) is 39.1 Å². The topological polar surface area (TPSA) is 59.3 Å². The molecule has 32 heavy (non-hydrogen) atoms. The fourth-order valence-electron chi connectivity index (χ4n) is 4.37. The lowest BCUT2D eigenvalue weighted by atomic mass is 10.1. The van der Waals surface area contributed by atoms with E-state index in [0.29, 0.717) is 36.6 Å². The van der Waals surface area contributed by atoms with Crippen LogP contribution < -0.4 is 9.64 Å². The van der Waals surface area contributed by atoms with Crippen LogP contribution in [-0.2, 0) is 19.5 Å². The summed E-state index contributed by atoms with van der Waals surface area (Å²) in [5.41, 5.74) is 3.04. The van der Waals surface area contributed by atoms with E-state index in [1.54, 1.807) is 6.07 Å². The largest absolute Gasteiger partial charge is 0.486 e. The fourth-order valence-corrected chi connectivity index (χ4v) is 4.37. The van der Waals surface area contributed by atoms with Gasteiger partial charge in [0.15, 0.2) is 17.4 Å². The monoisotopic (exact) mass is 440 g/mol. The summed E-state index contributed by atoms with van der Waals surface area (Å²) in [6.07, 6.45) is 1.53. The molecule has 3 aromatic rings. The molecule has 0 saturated carbocycles. The summed E-state index contributed by atoms with van der Waals surface area (Å²) in [5, 5.41) is 4.64. The molecule has 0 unspecified atom stereocenters. The highest BCUT2D eigenvalue weighted by Crippen LogP contribution is 2.39. The Morgan fingerprint density at radius 1 is 1.09 bits per heavy atom. The van der Waals surface area contributed by atoms with E-state index in [4.69, 9.17) is 4.74 Å². The second kappa shape index (κ2) is 8.12. The quantitative estimate of drug-likeness (QED) is 0.621. The van der Waals surface area contributed by atoms with Crippen molar-refractivity contribution in [1.82, 2.24) is 24.6 Å². The normalized spacial score (nSPS) is 16.1. The first-order valence-corrected chi connectivity index (χ1v) is 10.9. The van der Waals surface area contributed by atoms with Gasteiger partial charge in [-0.15, -0.1) is 0 Å². The van der Waals surface area contributed by atoms with Gasteiger partial charge >= 0.3 is 0 Å². The summed E-state index contributed by atoms with van der Waals surface area (Å²) in [6.45, 7) is 7.75. The van der Waals surface area contributed by atoms with E-state index < -0.39 is 11.6 Å². The van der Waals surface area contributed by atoms with Crippen molar-refractivity contribution < 1.29 is 13.5 Å². The number of hydrogen-bond acceptors (Lipinski definition) is 6. The first kappa shape index (κ1) is 20.8. The van der Waals surface area contributed by atoms with Gasteiger partial charge in [-0.2, -0.15) is 5.10 Å². The number of hydrogen-bond donors (Lipinski definition) is 0. The molecule has 9 heteroatoms. The van der Waals surface area contributed by atoms with Gasteiger partial charge in [-0.1, -0.05) is 0 Å². The van der Waals surface area contributed by atoms with Crippen LogP contribution >= 0.6 is 0 Å². The highest BCUT2D eigenvalue weighted by molar-refractivity contribution is 5.72. The lowest BCUT2D eigenvalue weighted by Crippen LogP contribution is -2.38. The smallest absolute Gasteiger partial charge is 0.178 e. The van der Waals surface area contributed by atoms with Gasteiger partial charge in [0, 0.05) is 24.7 Å². The number of benzene rings is 1. The van der Waals surface area contributed by atoms with Crippen LogP contribution in [0, 0.1) is 11.6 Å². The third kappa shape index (κ3) is 3.81. The predicted octanol–water partition coefficient (Wildman–Crippen LogP) is 3.26. The fraction of sp³-hybridized carbons (Fsp3) is 0.435. The van der Waals surface area contributed by atoms with Crippen molar-refractivity contribution in [1.29, 1.82) is 0 Å². The molecule has 2 aromatic heterocycles. The molecule has 0 spiro atoms. The summed E-state index contributed by atoms with van der Waals surface area (Å²) in [6, 6.07) is 5.23. The summed E-state index contributed by atoms with van der Waals surface area (Å²) < 4.78 is 37.1. The number of ether oxygens (including phenoxy) is 1. The Morgan fingerprint density at radius 3 is 2.75 bits per heavy atom. The molecule has 168 valence electrons. The molecule has 0 N–H and O–H groups in total. The van der Waals surface area contributed by atoms with Crippen molar-refractivity contribution in [2.75, 3.05) is 31.6 Å². The Hall–Kier alpha value is -3.07. The van der Waals surface area contributed by atoms with Gasteiger partial charge < -0.3 is 9.64 Å². The van der Waals surface area contributed by atoms with Crippen LogP contribution in [0.1, 0.15) is 31.1 Å². The van der Waals surface area contributed by atoms with Gasteiger partial charge in [0.05, 0.1) is 42.8 Å². The molecule has 0 amide bonds. The van der Waals surface area contributed by atoms with Crippen LogP contribution in [-0.4, -0.2) is 57.4 Å². The molecule has 0 radical (unpaired) electrons. The SMILES string of the molecule is CC(C)N1CCOc2c(F)cc(-c3nc(Cc4cc5n(n4)CCN(C)C5)ncc3F)cc21. The van der Waals surface area contributed by atoms with Crippen LogP contribution in [0.3, 0.4) is 0 Å². The molecule has 4 heterocycles. The zero-order chi connectivity index (χ0) is 22.4. The minimum Gasteiger partial charge on any atom is -0.486 e. The van der Waals surface area contributed by atoms with E-state index in [0.717, 1.165) is 37.2 Å². The summed E-state index contributed by atoms with van der Waals surface area (Å²) in [4.78, 5) is 12.9. The minimum atomic E-state index is -0.591. The van der Waals surface area contributed by atoms with E-state index in [1.807, 2.05) is 24.6 Å². The van der Waals surface area contributed by atoms with Gasteiger partial charge in [0.1, 0.15) is 18.1 Å². The molecule has 0 bridgehead atoms. The first-order chi connectivity index (χ1) is 15.4. The van der Waals surface area contributed by atoms with Gasteiger partial charge in [-0.25, -0.2) is 18.7 Å². The lowest BCUT2D eigenvalue weighted by Gasteiger charge is -2.34. The third-order valence-electron chi connectivity index (χ3n) is 5.98. The molecule has 0 saturated heterocycles. The number of nitrogens with zero attached hydrogens (tertiary/aromatic N) is 6. The summed E-state index contributed by atoms with van der Waals surface area (Å²) >= 11 is 0. The average molecular weight is 440 g/mol. The Labute approximate surface area is 185 Å². The highest BCUT2D eigenvalue weighted by Gasteiger charge is 2.26. The highest BCUT2D eigenvalue weighted by atomic mass is 19.1. The van der Waals surface area contributed by atoms with Crippen LogP contribution in [0.2, 0.25) is 0 Å². The summed E-state index contributed by atoms with van der Waals surface area (Å²) in [5.74, 6) is -0.461. The molecular formula is C23H26F2N6O. The van der Waals surface area contributed by atoms with Crippen molar-refractivity contribution >= 4 is 5.69 Å². The van der Waals surface area contributed by atoms with Crippen LogP contribution in [0.5, 0.6) is 5.75 Å². The summed E-state index contributed by atoms with van der Waals surface area (Å²) in [7, 11) is 2.08. The molecule has 2 aliphatic rings. The van der Waals surface area contributed by atoms with E-state index >= 15 is 0 Å². The standard InChI is InChI=1S/C23H26F2N6O/c1-14(2)30-6-7-32-23-18(24)8-15(9-20(23)30)22-19(25)12-26-21(27-22)11-16-10-17-13-29(3)4-5-31(17)28-16/h8-10,12,14H,4-7,11,13H2,1-3H3. The molecule has 5 rings (SSSR count). The van der Waals surface area contributed by atoms with Crippen LogP contribution in [0.15, 0.2) is 24.4 Å². The van der Waals surface area contributed by atoms with Crippen molar-refractivity contribution in [2.45, 2.75) is 39.4 Å². The van der Waals surface area contributed by atoms with Crippen LogP contribution in [0.4, 0.5) is 14.5 Å². The van der Waals surface area contributed by atoms with Crippen molar-refractivity contribution in [3.05, 3.63) is 53.2 Å². The maximum atomic E-state index is 14.9. The molecule has 1 aromatic carbocycles. The molecule has 7 nitrogen and oxygen atoms in total.